The molecule has 0 fully saturated rings. The maximum atomic E-state index is 6.75. The van der Waals surface area contributed by atoms with Crippen molar-refractivity contribution in [2.24, 2.45) is 0 Å². The molecule has 1 aliphatic rings. The van der Waals surface area contributed by atoms with E-state index >= 15 is 0 Å². The minimum absolute atomic E-state index is 0.822. The van der Waals surface area contributed by atoms with Crippen LogP contribution in [0.4, 0.5) is 0 Å². The molecule has 11 aromatic rings. The van der Waals surface area contributed by atoms with Crippen molar-refractivity contribution in [2.75, 3.05) is 0 Å². The van der Waals surface area contributed by atoms with Crippen molar-refractivity contribution >= 4 is 87.1 Å². The van der Waals surface area contributed by atoms with E-state index in [0.29, 0.717) is 0 Å². The zero-order valence-electron chi connectivity index (χ0n) is 24.4. The van der Waals surface area contributed by atoms with Gasteiger partial charge in [-0.2, -0.15) is 0 Å². The fourth-order valence-electron chi connectivity index (χ4n) is 8.48. The number of hydrogen-bond donors (Lipinski definition) is 0. The van der Waals surface area contributed by atoms with Crippen LogP contribution in [0.2, 0.25) is 0 Å². The first-order chi connectivity index (χ1) is 22.8. The van der Waals surface area contributed by atoms with Crippen molar-refractivity contribution in [2.45, 2.75) is 0 Å². The van der Waals surface area contributed by atoms with Gasteiger partial charge in [-0.25, -0.2) is 9.97 Å². The van der Waals surface area contributed by atoms with Crippen LogP contribution in [-0.4, -0.2) is 14.5 Å². The Bertz CT molecular complexity index is 3130. The number of fused-ring (bicyclic) bond motifs is 3. The van der Waals surface area contributed by atoms with Gasteiger partial charge in [0.15, 0.2) is 5.82 Å². The standard InChI is InChI=1S/C42H21N3O/c1-2-9-22(10-3-1)41-42(44-29-17-5-4-16-28(29)43-41)45-30-18-8-15-27-26-14-7-13-25-24-12-6-11-23-21-33-39(40(34(23)24)35(25)26)38-32(46-33)20-19-31(45)37(38)36(27)30/h1-21H. The van der Waals surface area contributed by atoms with Crippen LogP contribution in [0, 0.1) is 0 Å². The smallest absolute Gasteiger partial charge is 0.165 e. The molecule has 4 nitrogen and oxygen atoms in total. The van der Waals surface area contributed by atoms with Crippen LogP contribution in [-0.2, 0) is 0 Å². The summed E-state index contributed by atoms with van der Waals surface area (Å²) in [4.78, 5) is 10.6. The molecule has 3 aromatic heterocycles. The molecule has 8 aromatic carbocycles. The van der Waals surface area contributed by atoms with Crippen LogP contribution >= 0.6 is 0 Å². The Morgan fingerprint density at radius 2 is 1.15 bits per heavy atom. The van der Waals surface area contributed by atoms with Crippen molar-refractivity contribution in [3.63, 3.8) is 0 Å². The zero-order chi connectivity index (χ0) is 29.7. The Morgan fingerprint density at radius 3 is 2.02 bits per heavy atom. The largest absolute Gasteiger partial charge is 0.456 e. The molecule has 0 amide bonds. The van der Waals surface area contributed by atoms with E-state index in [-0.39, 0.29) is 0 Å². The number of nitrogens with zero attached hydrogens (tertiary/aromatic N) is 3. The van der Waals surface area contributed by atoms with Crippen LogP contribution in [0.1, 0.15) is 0 Å². The van der Waals surface area contributed by atoms with E-state index in [4.69, 9.17) is 14.4 Å². The third-order valence-corrected chi connectivity index (χ3v) is 10.2. The number of furan rings is 1. The summed E-state index contributed by atoms with van der Waals surface area (Å²) in [5, 5.41) is 12.4. The lowest BCUT2D eigenvalue weighted by Gasteiger charge is -2.13. The number of rotatable bonds is 2. The van der Waals surface area contributed by atoms with Crippen LogP contribution in [0.15, 0.2) is 132 Å². The Labute approximate surface area is 261 Å². The molecule has 0 radical (unpaired) electrons. The van der Waals surface area contributed by atoms with Crippen molar-refractivity contribution in [3.8, 4) is 28.2 Å². The second-order valence-electron chi connectivity index (χ2n) is 12.5. The second kappa shape index (κ2) is 7.87. The SMILES string of the molecule is c1ccc(-c2nc3ccccc3nc2-n2c3cccc4c5cccc6c5c5c7c-6cccc7cc6oc7ccc2c(c7c65)c43)cc1. The highest BCUT2D eigenvalue weighted by Gasteiger charge is 2.29. The Morgan fingerprint density at radius 1 is 0.457 bits per heavy atom. The van der Waals surface area contributed by atoms with Gasteiger partial charge in [0.25, 0.3) is 0 Å². The molecule has 0 atom stereocenters. The molecular weight excluding hydrogens is 562 g/mol. The molecule has 1 aliphatic carbocycles. The molecule has 12 rings (SSSR count). The average molecular weight is 584 g/mol. The molecule has 3 heterocycles. The molecule has 0 saturated carbocycles. The minimum atomic E-state index is 0.822. The zero-order valence-corrected chi connectivity index (χ0v) is 24.4. The summed E-state index contributed by atoms with van der Waals surface area (Å²) in [7, 11) is 0. The van der Waals surface area contributed by atoms with Gasteiger partial charge in [0.2, 0.25) is 0 Å². The molecular formula is C42H21N3O. The molecule has 0 unspecified atom stereocenters. The van der Waals surface area contributed by atoms with Gasteiger partial charge >= 0.3 is 0 Å². The van der Waals surface area contributed by atoms with Gasteiger partial charge in [-0.05, 0) is 74.5 Å². The van der Waals surface area contributed by atoms with Gasteiger partial charge in [-0.3, -0.25) is 4.57 Å². The van der Waals surface area contributed by atoms with Crippen molar-refractivity contribution < 1.29 is 4.42 Å². The molecule has 4 heteroatoms. The first kappa shape index (κ1) is 23.2. The number of aromatic nitrogens is 3. The second-order valence-corrected chi connectivity index (χ2v) is 12.5. The Kier molecular flexibility index (Phi) is 3.96. The Hall–Kier alpha value is -6.26. The van der Waals surface area contributed by atoms with E-state index in [2.05, 4.69) is 108 Å². The summed E-state index contributed by atoms with van der Waals surface area (Å²) < 4.78 is 9.08. The predicted molar refractivity (Wildman–Crippen MR) is 189 cm³/mol. The minimum Gasteiger partial charge on any atom is -0.456 e. The van der Waals surface area contributed by atoms with Crippen LogP contribution < -0.4 is 0 Å². The van der Waals surface area contributed by atoms with Gasteiger partial charge in [-0.15, -0.1) is 0 Å². The maximum Gasteiger partial charge on any atom is 0.165 e. The lowest BCUT2D eigenvalue weighted by atomic mass is 9.94. The van der Waals surface area contributed by atoms with Crippen molar-refractivity contribution in [3.05, 3.63) is 127 Å². The van der Waals surface area contributed by atoms with E-state index in [1.165, 1.54) is 65.0 Å². The van der Waals surface area contributed by atoms with E-state index in [1.807, 2.05) is 24.3 Å². The molecule has 0 saturated heterocycles. The molecule has 0 spiro atoms. The molecule has 0 bridgehead atoms. The first-order valence-corrected chi connectivity index (χ1v) is 15.7. The number of para-hydroxylation sites is 2. The molecule has 210 valence electrons. The lowest BCUT2D eigenvalue weighted by Crippen LogP contribution is -2.03. The Balaban J connectivity index is 1.39. The normalized spacial score (nSPS) is 12.8. The fraction of sp³-hybridized carbons (Fsp3) is 0. The van der Waals surface area contributed by atoms with Crippen LogP contribution in [0.5, 0.6) is 0 Å². The third kappa shape index (κ3) is 2.61. The van der Waals surface area contributed by atoms with Gasteiger partial charge < -0.3 is 4.42 Å². The number of hydrogen-bond acceptors (Lipinski definition) is 3. The predicted octanol–water partition coefficient (Wildman–Crippen LogP) is 11.2. The summed E-state index contributed by atoms with van der Waals surface area (Å²) >= 11 is 0. The van der Waals surface area contributed by atoms with Crippen molar-refractivity contribution in [1.82, 2.24) is 14.5 Å². The van der Waals surface area contributed by atoms with Gasteiger partial charge in [-0.1, -0.05) is 91.0 Å². The highest BCUT2D eigenvalue weighted by Crippen LogP contribution is 2.54. The van der Waals surface area contributed by atoms with Gasteiger partial charge in [0.05, 0.1) is 22.1 Å². The third-order valence-electron chi connectivity index (χ3n) is 10.2. The van der Waals surface area contributed by atoms with Gasteiger partial charge in [0.1, 0.15) is 16.9 Å². The molecule has 46 heavy (non-hydrogen) atoms. The van der Waals surface area contributed by atoms with Crippen LogP contribution in [0.3, 0.4) is 0 Å². The fourth-order valence-corrected chi connectivity index (χ4v) is 8.48. The topological polar surface area (TPSA) is 43.9 Å². The summed E-state index contributed by atoms with van der Waals surface area (Å²) in [6.45, 7) is 0. The monoisotopic (exact) mass is 583 g/mol. The van der Waals surface area contributed by atoms with E-state index in [1.54, 1.807) is 0 Å². The lowest BCUT2D eigenvalue weighted by molar-refractivity contribution is 0.670. The molecule has 0 aliphatic heterocycles. The average Bonchev–Trinajstić information content (AvgIpc) is 3.76. The quantitative estimate of drug-likeness (QED) is 0.203. The van der Waals surface area contributed by atoms with Gasteiger partial charge in [0, 0.05) is 32.5 Å². The van der Waals surface area contributed by atoms with Crippen LogP contribution in [0.25, 0.3) is 115 Å². The summed E-state index contributed by atoms with van der Waals surface area (Å²) in [5.41, 5.74) is 10.3. The first-order valence-electron chi connectivity index (χ1n) is 15.7. The number of benzene rings is 7. The van der Waals surface area contributed by atoms with Crippen molar-refractivity contribution in [1.29, 1.82) is 0 Å². The summed E-state index contributed by atoms with van der Waals surface area (Å²) in [5.74, 6) is 0.822. The highest BCUT2D eigenvalue weighted by atomic mass is 16.3. The van der Waals surface area contributed by atoms with E-state index in [9.17, 15) is 0 Å². The molecule has 0 N–H and O–H groups in total. The van der Waals surface area contributed by atoms with E-state index in [0.717, 1.165) is 50.3 Å². The highest BCUT2D eigenvalue weighted by molar-refractivity contribution is 6.45. The van der Waals surface area contributed by atoms with E-state index < -0.39 is 0 Å². The maximum absolute atomic E-state index is 6.75. The summed E-state index contributed by atoms with van der Waals surface area (Å²) in [6, 6.07) is 45.3. The summed E-state index contributed by atoms with van der Waals surface area (Å²) in [6.07, 6.45) is 0.